The van der Waals surface area contributed by atoms with Crippen molar-refractivity contribution < 1.29 is 9.66 Å². The van der Waals surface area contributed by atoms with Gasteiger partial charge in [0.05, 0.1) is 12.0 Å². The third-order valence-corrected chi connectivity index (χ3v) is 3.11. The van der Waals surface area contributed by atoms with Crippen LogP contribution >= 0.6 is 0 Å². The molecule has 2 rings (SSSR count). The molecule has 0 radical (unpaired) electrons. The van der Waals surface area contributed by atoms with Gasteiger partial charge in [-0.05, 0) is 25.8 Å². The average Bonchev–Trinajstić information content (AvgIpc) is 2.91. The fourth-order valence-electron chi connectivity index (χ4n) is 2.17. The molecule has 2 N–H and O–H groups in total. The number of rotatable bonds is 6. The number of nitro groups is 1. The molecule has 8 heteroatoms. The summed E-state index contributed by atoms with van der Waals surface area (Å²) in [6, 6.07) is 0.482. The molecule has 1 atom stereocenters. The molecule has 1 saturated heterocycles. The minimum atomic E-state index is -0.533. The fourth-order valence-corrected chi connectivity index (χ4v) is 2.17. The number of methoxy groups -OCH3 is 1. The Morgan fingerprint density at radius 3 is 3.11 bits per heavy atom. The van der Waals surface area contributed by atoms with Crippen LogP contribution in [0.5, 0.6) is 5.88 Å². The zero-order valence-corrected chi connectivity index (χ0v) is 10.8. The first kappa shape index (κ1) is 13.5. The van der Waals surface area contributed by atoms with Crippen molar-refractivity contribution in [3.05, 3.63) is 16.4 Å². The number of nitrogens with one attached hydrogen (secondary N) is 2. The van der Waals surface area contributed by atoms with Gasteiger partial charge in [-0.25, -0.2) is 4.98 Å². The highest BCUT2D eigenvalue weighted by Crippen LogP contribution is 2.30. The van der Waals surface area contributed by atoms with E-state index in [9.17, 15) is 10.1 Å². The highest BCUT2D eigenvalue weighted by molar-refractivity contribution is 5.60. The minimum Gasteiger partial charge on any atom is -0.476 e. The van der Waals surface area contributed by atoms with Crippen LogP contribution in [0.25, 0.3) is 0 Å². The average molecular weight is 267 g/mol. The first-order chi connectivity index (χ1) is 9.22. The van der Waals surface area contributed by atoms with E-state index in [1.807, 2.05) is 0 Å². The quantitative estimate of drug-likeness (QED) is 0.584. The SMILES string of the molecule is COc1ncnc(NCCC2CCCN2)c1[N+](=O)[O-]. The van der Waals surface area contributed by atoms with E-state index in [4.69, 9.17) is 4.74 Å². The second kappa shape index (κ2) is 6.28. The number of aromatic nitrogens is 2. The maximum absolute atomic E-state index is 11.0. The number of anilines is 1. The third-order valence-electron chi connectivity index (χ3n) is 3.11. The van der Waals surface area contributed by atoms with Gasteiger partial charge in [-0.1, -0.05) is 0 Å². The van der Waals surface area contributed by atoms with Gasteiger partial charge >= 0.3 is 5.69 Å². The maximum Gasteiger partial charge on any atom is 0.372 e. The normalized spacial score (nSPS) is 18.3. The van der Waals surface area contributed by atoms with Crippen molar-refractivity contribution in [1.29, 1.82) is 0 Å². The number of nitrogens with zero attached hydrogens (tertiary/aromatic N) is 3. The van der Waals surface area contributed by atoms with Gasteiger partial charge in [0.15, 0.2) is 0 Å². The van der Waals surface area contributed by atoms with Crippen molar-refractivity contribution in [3.8, 4) is 5.88 Å². The van der Waals surface area contributed by atoms with Crippen LogP contribution in [-0.4, -0.2) is 41.1 Å². The van der Waals surface area contributed by atoms with E-state index >= 15 is 0 Å². The molecule has 19 heavy (non-hydrogen) atoms. The Morgan fingerprint density at radius 1 is 1.63 bits per heavy atom. The van der Waals surface area contributed by atoms with E-state index in [0.29, 0.717) is 12.6 Å². The first-order valence-electron chi connectivity index (χ1n) is 6.23. The molecule has 0 amide bonds. The Morgan fingerprint density at radius 2 is 2.47 bits per heavy atom. The number of hydrogen-bond donors (Lipinski definition) is 2. The van der Waals surface area contributed by atoms with Gasteiger partial charge in [0.1, 0.15) is 6.33 Å². The fraction of sp³-hybridized carbons (Fsp3) is 0.636. The molecule has 8 nitrogen and oxygen atoms in total. The zero-order chi connectivity index (χ0) is 13.7. The molecule has 1 fully saturated rings. The molecule has 0 spiro atoms. The summed E-state index contributed by atoms with van der Waals surface area (Å²) in [7, 11) is 1.35. The molecule has 1 aliphatic rings. The summed E-state index contributed by atoms with van der Waals surface area (Å²) in [5.41, 5.74) is -0.218. The van der Waals surface area contributed by atoms with Gasteiger partial charge in [-0.3, -0.25) is 10.1 Å². The highest BCUT2D eigenvalue weighted by atomic mass is 16.6. The second-order valence-corrected chi connectivity index (χ2v) is 4.35. The van der Waals surface area contributed by atoms with Crippen LogP contribution < -0.4 is 15.4 Å². The molecule has 1 unspecified atom stereocenters. The van der Waals surface area contributed by atoms with Crippen LogP contribution in [0.3, 0.4) is 0 Å². The predicted octanol–water partition coefficient (Wildman–Crippen LogP) is 0.947. The lowest BCUT2D eigenvalue weighted by molar-refractivity contribution is -0.385. The molecule has 1 aromatic heterocycles. The smallest absolute Gasteiger partial charge is 0.372 e. The summed E-state index contributed by atoms with van der Waals surface area (Å²) in [6.07, 6.45) is 4.49. The highest BCUT2D eigenvalue weighted by Gasteiger charge is 2.23. The molecule has 104 valence electrons. The summed E-state index contributed by atoms with van der Waals surface area (Å²) in [5.74, 6) is 0.177. The van der Waals surface area contributed by atoms with Crippen molar-refractivity contribution >= 4 is 11.5 Å². The first-order valence-corrected chi connectivity index (χ1v) is 6.23. The van der Waals surface area contributed by atoms with E-state index in [2.05, 4.69) is 20.6 Å². The largest absolute Gasteiger partial charge is 0.476 e. The zero-order valence-electron chi connectivity index (χ0n) is 10.8. The number of ether oxygens (including phenoxy) is 1. The van der Waals surface area contributed by atoms with Crippen LogP contribution in [0.15, 0.2) is 6.33 Å². The van der Waals surface area contributed by atoms with Gasteiger partial charge in [-0.2, -0.15) is 4.98 Å². The summed E-state index contributed by atoms with van der Waals surface area (Å²) in [4.78, 5) is 18.1. The Bertz CT molecular complexity index is 448. The van der Waals surface area contributed by atoms with Crippen molar-refractivity contribution in [3.63, 3.8) is 0 Å². The van der Waals surface area contributed by atoms with Crippen LogP contribution in [0.4, 0.5) is 11.5 Å². The van der Waals surface area contributed by atoms with E-state index in [1.54, 1.807) is 0 Å². The van der Waals surface area contributed by atoms with Crippen LogP contribution in [0.2, 0.25) is 0 Å². The summed E-state index contributed by atoms with van der Waals surface area (Å²) in [5, 5.41) is 17.4. The molecular weight excluding hydrogens is 250 g/mol. The summed E-state index contributed by atoms with van der Waals surface area (Å²) >= 11 is 0. The lowest BCUT2D eigenvalue weighted by atomic mass is 10.1. The second-order valence-electron chi connectivity index (χ2n) is 4.35. The van der Waals surface area contributed by atoms with Gasteiger partial charge < -0.3 is 15.4 Å². The Labute approximate surface area is 110 Å². The molecular formula is C11H17N5O3. The predicted molar refractivity (Wildman–Crippen MR) is 69.4 cm³/mol. The molecule has 0 saturated carbocycles. The van der Waals surface area contributed by atoms with Crippen molar-refractivity contribution in [1.82, 2.24) is 15.3 Å². The molecule has 1 aliphatic heterocycles. The number of hydrogen-bond acceptors (Lipinski definition) is 7. The van der Waals surface area contributed by atoms with Crippen molar-refractivity contribution in [2.45, 2.75) is 25.3 Å². The molecule has 1 aromatic rings. The monoisotopic (exact) mass is 267 g/mol. The lowest BCUT2D eigenvalue weighted by Gasteiger charge is -2.11. The van der Waals surface area contributed by atoms with Gasteiger partial charge in [0.25, 0.3) is 5.88 Å². The summed E-state index contributed by atoms with van der Waals surface area (Å²) < 4.78 is 4.88. The van der Waals surface area contributed by atoms with E-state index in [0.717, 1.165) is 19.4 Å². The van der Waals surface area contributed by atoms with Gasteiger partial charge in [-0.15, -0.1) is 0 Å². The molecule has 2 heterocycles. The topological polar surface area (TPSA) is 102 Å². The van der Waals surface area contributed by atoms with Gasteiger partial charge in [0, 0.05) is 12.6 Å². The molecule has 0 bridgehead atoms. The van der Waals surface area contributed by atoms with Crippen molar-refractivity contribution in [2.24, 2.45) is 0 Å². The van der Waals surface area contributed by atoms with Crippen LogP contribution in [0.1, 0.15) is 19.3 Å². The van der Waals surface area contributed by atoms with E-state index in [1.165, 1.54) is 19.9 Å². The Balaban J connectivity index is 2.00. The van der Waals surface area contributed by atoms with Crippen LogP contribution in [-0.2, 0) is 0 Å². The van der Waals surface area contributed by atoms with Crippen LogP contribution in [0, 0.1) is 10.1 Å². The Hall–Kier alpha value is -1.96. The third kappa shape index (κ3) is 3.28. The maximum atomic E-state index is 11.0. The standard InChI is InChI=1S/C11H17N5O3/c1-19-11-9(16(17)18)10(14-7-15-11)13-6-4-8-3-2-5-12-8/h7-8,12H,2-6H2,1H3,(H,13,14,15). The molecule has 0 aromatic carbocycles. The summed E-state index contributed by atoms with van der Waals surface area (Å²) in [6.45, 7) is 1.67. The minimum absolute atomic E-state index is 0.0264. The molecule has 0 aliphatic carbocycles. The van der Waals surface area contributed by atoms with E-state index < -0.39 is 4.92 Å². The van der Waals surface area contributed by atoms with Crippen molar-refractivity contribution in [2.75, 3.05) is 25.5 Å². The van der Waals surface area contributed by atoms with E-state index in [-0.39, 0.29) is 17.4 Å². The lowest BCUT2D eigenvalue weighted by Crippen LogP contribution is -2.24. The van der Waals surface area contributed by atoms with Gasteiger partial charge in [0.2, 0.25) is 5.82 Å². The Kier molecular flexibility index (Phi) is 4.45.